The van der Waals surface area contributed by atoms with Gasteiger partial charge >= 0.3 is 0 Å². The molecule has 1 saturated carbocycles. The van der Waals surface area contributed by atoms with Gasteiger partial charge in [0.2, 0.25) is 5.91 Å². The Morgan fingerprint density at radius 1 is 1.32 bits per heavy atom. The maximum atomic E-state index is 12.3. The van der Waals surface area contributed by atoms with Crippen LogP contribution in [-0.4, -0.2) is 29.9 Å². The summed E-state index contributed by atoms with van der Waals surface area (Å²) in [6.07, 6.45) is 5.25. The molecule has 1 aromatic heterocycles. The first-order valence-corrected chi connectivity index (χ1v) is 7.76. The lowest BCUT2D eigenvalue weighted by Gasteiger charge is -2.29. The second-order valence-electron chi connectivity index (χ2n) is 5.97. The normalized spacial score (nSPS) is 22.7. The van der Waals surface area contributed by atoms with Crippen LogP contribution in [0.3, 0.4) is 0 Å². The van der Waals surface area contributed by atoms with Gasteiger partial charge in [-0.1, -0.05) is 0 Å². The van der Waals surface area contributed by atoms with Crippen molar-refractivity contribution in [2.24, 2.45) is 17.6 Å². The van der Waals surface area contributed by atoms with Crippen molar-refractivity contribution in [1.82, 2.24) is 10.3 Å². The van der Waals surface area contributed by atoms with Crippen molar-refractivity contribution in [2.75, 3.05) is 12.4 Å². The Morgan fingerprint density at radius 3 is 2.59 bits per heavy atom. The first kappa shape index (κ1) is 16.4. The minimum absolute atomic E-state index is 0.0113. The van der Waals surface area contributed by atoms with Crippen LogP contribution in [0.15, 0.2) is 18.3 Å². The van der Waals surface area contributed by atoms with Gasteiger partial charge in [-0.25, -0.2) is 0 Å². The molecular weight excluding hydrogens is 280 g/mol. The molecule has 0 spiro atoms. The summed E-state index contributed by atoms with van der Waals surface area (Å²) in [5.74, 6) is 0.280. The van der Waals surface area contributed by atoms with Crippen LogP contribution in [0.1, 0.15) is 43.1 Å². The van der Waals surface area contributed by atoms with Gasteiger partial charge in [0, 0.05) is 30.9 Å². The van der Waals surface area contributed by atoms with E-state index in [9.17, 15) is 9.59 Å². The minimum atomic E-state index is -0.270. The fourth-order valence-corrected chi connectivity index (χ4v) is 2.91. The molecule has 6 nitrogen and oxygen atoms in total. The molecule has 1 fully saturated rings. The van der Waals surface area contributed by atoms with Crippen LogP contribution < -0.4 is 16.4 Å². The molecule has 1 atom stereocenters. The summed E-state index contributed by atoms with van der Waals surface area (Å²) in [5, 5.41) is 5.40. The van der Waals surface area contributed by atoms with Crippen molar-refractivity contribution in [3.63, 3.8) is 0 Å². The van der Waals surface area contributed by atoms with E-state index in [2.05, 4.69) is 15.6 Å². The first-order valence-electron chi connectivity index (χ1n) is 7.76. The van der Waals surface area contributed by atoms with Gasteiger partial charge in [-0.05, 0) is 50.7 Å². The molecule has 6 heteroatoms. The number of carbonyl (C=O) groups is 2. The van der Waals surface area contributed by atoms with E-state index in [0.29, 0.717) is 17.3 Å². The summed E-state index contributed by atoms with van der Waals surface area (Å²) >= 11 is 0. The maximum Gasteiger partial charge on any atom is 0.269 e. The van der Waals surface area contributed by atoms with Crippen LogP contribution in [0.2, 0.25) is 0 Å². The summed E-state index contributed by atoms with van der Waals surface area (Å²) in [4.78, 5) is 27.9. The van der Waals surface area contributed by atoms with E-state index in [1.165, 1.54) is 6.20 Å². The molecule has 2 rings (SSSR count). The highest BCUT2D eigenvalue weighted by Gasteiger charge is 2.27. The third-order valence-corrected chi connectivity index (χ3v) is 4.37. The van der Waals surface area contributed by atoms with Gasteiger partial charge in [-0.3, -0.25) is 14.6 Å². The van der Waals surface area contributed by atoms with Crippen LogP contribution in [0.4, 0.5) is 5.69 Å². The number of nitrogens with zero attached hydrogens (tertiary/aromatic N) is 1. The van der Waals surface area contributed by atoms with E-state index < -0.39 is 0 Å². The Hall–Kier alpha value is -1.95. The largest absolute Gasteiger partial charge is 0.354 e. The predicted octanol–water partition coefficient (Wildman–Crippen LogP) is 1.53. The second kappa shape index (κ2) is 7.35. The molecule has 1 heterocycles. The zero-order chi connectivity index (χ0) is 16.1. The second-order valence-corrected chi connectivity index (χ2v) is 5.97. The number of aromatic nitrogens is 1. The van der Waals surface area contributed by atoms with E-state index >= 15 is 0 Å². The molecule has 2 amide bonds. The van der Waals surface area contributed by atoms with Crippen molar-refractivity contribution in [2.45, 2.75) is 38.6 Å². The van der Waals surface area contributed by atoms with Gasteiger partial charge in [0.05, 0.1) is 0 Å². The number of hydrogen-bond acceptors (Lipinski definition) is 4. The van der Waals surface area contributed by atoms with Gasteiger partial charge in [0.1, 0.15) is 5.69 Å². The Labute approximate surface area is 130 Å². The van der Waals surface area contributed by atoms with Crippen LogP contribution in [0.25, 0.3) is 0 Å². The third kappa shape index (κ3) is 4.04. The Bertz CT molecular complexity index is 537. The average molecular weight is 304 g/mol. The van der Waals surface area contributed by atoms with Crippen LogP contribution in [-0.2, 0) is 4.79 Å². The molecule has 0 radical (unpaired) electrons. The number of anilines is 1. The van der Waals surface area contributed by atoms with Gasteiger partial charge in [-0.15, -0.1) is 0 Å². The summed E-state index contributed by atoms with van der Waals surface area (Å²) in [6.45, 7) is 2.03. The Morgan fingerprint density at radius 2 is 2.00 bits per heavy atom. The third-order valence-electron chi connectivity index (χ3n) is 4.37. The van der Waals surface area contributed by atoms with Crippen molar-refractivity contribution < 1.29 is 9.59 Å². The number of hydrogen-bond donors (Lipinski definition) is 3. The molecule has 0 saturated heterocycles. The van der Waals surface area contributed by atoms with E-state index in [0.717, 1.165) is 25.7 Å². The average Bonchev–Trinajstić information content (AvgIpc) is 2.54. The molecule has 1 unspecified atom stereocenters. The molecule has 120 valence electrons. The van der Waals surface area contributed by atoms with Crippen LogP contribution in [0.5, 0.6) is 0 Å². The van der Waals surface area contributed by atoms with Crippen molar-refractivity contribution in [1.29, 1.82) is 0 Å². The predicted molar refractivity (Wildman–Crippen MR) is 85.4 cm³/mol. The zero-order valence-electron chi connectivity index (χ0n) is 13.1. The Balaban J connectivity index is 1.94. The highest BCUT2D eigenvalue weighted by molar-refractivity contribution is 5.96. The number of amides is 2. The number of pyridine rings is 1. The van der Waals surface area contributed by atoms with Crippen molar-refractivity contribution >= 4 is 17.5 Å². The quantitative estimate of drug-likeness (QED) is 0.786. The molecule has 4 N–H and O–H groups in total. The van der Waals surface area contributed by atoms with E-state index in [1.807, 2.05) is 6.92 Å². The number of rotatable bonds is 4. The molecule has 1 aliphatic rings. The minimum Gasteiger partial charge on any atom is -0.354 e. The summed E-state index contributed by atoms with van der Waals surface area (Å²) in [7, 11) is 1.55. The van der Waals surface area contributed by atoms with Gasteiger partial charge < -0.3 is 16.4 Å². The summed E-state index contributed by atoms with van der Waals surface area (Å²) in [6, 6.07) is 3.47. The van der Waals surface area contributed by atoms with Gasteiger partial charge in [0.15, 0.2) is 0 Å². The van der Waals surface area contributed by atoms with E-state index in [4.69, 9.17) is 5.73 Å². The fraction of sp³-hybridized carbons (Fsp3) is 0.562. The molecule has 1 aliphatic carbocycles. The topological polar surface area (TPSA) is 97.1 Å². The van der Waals surface area contributed by atoms with Gasteiger partial charge in [-0.2, -0.15) is 0 Å². The molecular formula is C16H24N4O2. The molecule has 0 aliphatic heterocycles. The lowest BCUT2D eigenvalue weighted by molar-refractivity contribution is -0.121. The Kier molecular flexibility index (Phi) is 5.49. The smallest absolute Gasteiger partial charge is 0.269 e. The zero-order valence-corrected chi connectivity index (χ0v) is 13.1. The van der Waals surface area contributed by atoms with Crippen LogP contribution in [0, 0.1) is 11.8 Å². The first-order chi connectivity index (χ1) is 10.5. The lowest BCUT2D eigenvalue weighted by Crippen LogP contribution is -2.33. The number of carbonyl (C=O) groups excluding carboxylic acids is 2. The molecule has 0 aromatic carbocycles. The summed E-state index contributed by atoms with van der Waals surface area (Å²) < 4.78 is 0. The monoisotopic (exact) mass is 304 g/mol. The maximum absolute atomic E-state index is 12.3. The fourth-order valence-electron chi connectivity index (χ4n) is 2.91. The van der Waals surface area contributed by atoms with E-state index in [-0.39, 0.29) is 23.8 Å². The van der Waals surface area contributed by atoms with E-state index in [1.54, 1.807) is 19.2 Å². The molecule has 22 heavy (non-hydrogen) atoms. The van der Waals surface area contributed by atoms with Crippen molar-refractivity contribution in [3.05, 3.63) is 24.0 Å². The summed E-state index contributed by atoms with van der Waals surface area (Å²) in [5.41, 5.74) is 6.82. The highest BCUT2D eigenvalue weighted by Crippen LogP contribution is 2.31. The number of nitrogens with two attached hydrogens (primary N) is 1. The molecule has 1 aromatic rings. The van der Waals surface area contributed by atoms with Crippen LogP contribution >= 0.6 is 0 Å². The highest BCUT2D eigenvalue weighted by atomic mass is 16.2. The van der Waals surface area contributed by atoms with Gasteiger partial charge in [0.25, 0.3) is 5.91 Å². The number of nitrogens with one attached hydrogen (secondary N) is 2. The molecule has 0 bridgehead atoms. The lowest BCUT2D eigenvalue weighted by atomic mass is 9.79. The standard InChI is InChI=1S/C16H24N4O2/c1-10(17)11-3-5-12(6-4-11)15(21)20-13-7-8-19-14(9-13)16(22)18-2/h7-12H,3-6,17H2,1-2H3,(H,18,22)(H,19,20,21). The SMILES string of the molecule is CNC(=O)c1cc(NC(=O)C2CCC(C(C)N)CC2)ccn1. The van der Waals surface area contributed by atoms with Crippen molar-refractivity contribution in [3.8, 4) is 0 Å².